The largest absolute Gasteiger partial charge is 0.508 e. The van der Waals surface area contributed by atoms with Crippen molar-refractivity contribution < 1.29 is 38.1 Å². The van der Waals surface area contributed by atoms with Gasteiger partial charge < -0.3 is 33.3 Å². The fraction of sp³-hybridized carbons (Fsp3) is 0.269. The Bertz CT molecular complexity index is 1060. The highest BCUT2D eigenvalue weighted by Crippen LogP contribution is 2.23. The van der Waals surface area contributed by atoms with Crippen molar-refractivity contribution in [1.29, 1.82) is 0 Å². The van der Waals surface area contributed by atoms with E-state index in [0.29, 0.717) is 35.8 Å². The van der Waals surface area contributed by atoms with E-state index in [2.05, 4.69) is 0 Å². The number of benzene rings is 3. The highest BCUT2D eigenvalue weighted by Gasteiger charge is 2.43. The van der Waals surface area contributed by atoms with E-state index in [9.17, 15) is 15.0 Å². The number of hydrogen-bond acceptors (Lipinski definition) is 8. The van der Waals surface area contributed by atoms with E-state index in [1.165, 1.54) is 24.3 Å². The summed E-state index contributed by atoms with van der Waals surface area (Å²) in [5.41, 5.74) is 1.19. The van der Waals surface area contributed by atoms with Crippen molar-refractivity contribution in [2.24, 2.45) is 0 Å². The molecular formula is C26H30O8Si. The number of carbonyl (C=O) groups is 1. The summed E-state index contributed by atoms with van der Waals surface area (Å²) in [7, 11) is -0.106. The molecule has 0 aliphatic heterocycles. The van der Waals surface area contributed by atoms with Crippen molar-refractivity contribution in [3.05, 3.63) is 83.9 Å². The molecule has 0 spiro atoms. The van der Waals surface area contributed by atoms with Crippen LogP contribution in [0.1, 0.15) is 15.9 Å². The van der Waals surface area contributed by atoms with Gasteiger partial charge in [0.15, 0.2) is 0 Å². The number of aromatic hydroxyl groups is 2. The number of phenols is 2. The van der Waals surface area contributed by atoms with Crippen LogP contribution in [0.15, 0.2) is 72.8 Å². The van der Waals surface area contributed by atoms with E-state index < -0.39 is 14.5 Å². The Morgan fingerprint density at radius 1 is 0.743 bits per heavy atom. The molecule has 3 aromatic carbocycles. The van der Waals surface area contributed by atoms with Crippen LogP contribution in [-0.2, 0) is 24.4 Å². The first-order chi connectivity index (χ1) is 17.0. The molecule has 3 aromatic rings. The molecule has 0 fully saturated rings. The Morgan fingerprint density at radius 3 is 1.86 bits per heavy atom. The molecule has 0 saturated heterocycles. The van der Waals surface area contributed by atoms with Crippen LogP contribution < -0.4 is 9.92 Å². The zero-order valence-electron chi connectivity index (χ0n) is 19.8. The molecule has 2 N–H and O–H groups in total. The van der Waals surface area contributed by atoms with E-state index >= 15 is 0 Å². The minimum atomic E-state index is -3.28. The minimum Gasteiger partial charge on any atom is -0.508 e. The lowest BCUT2D eigenvalue weighted by Crippen LogP contribution is -2.57. The molecule has 0 aliphatic rings. The molecule has 186 valence electrons. The summed E-state index contributed by atoms with van der Waals surface area (Å²) in [5, 5.41) is 19.9. The van der Waals surface area contributed by atoms with Crippen LogP contribution in [0.5, 0.6) is 17.2 Å². The highest BCUT2D eigenvalue weighted by molar-refractivity contribution is 6.81. The van der Waals surface area contributed by atoms with Crippen LogP contribution in [0.4, 0.5) is 0 Å². The zero-order valence-corrected chi connectivity index (χ0v) is 20.8. The number of esters is 1. The highest BCUT2D eigenvalue weighted by atomic mass is 28.4. The van der Waals surface area contributed by atoms with Crippen LogP contribution in [0.2, 0.25) is 0 Å². The van der Waals surface area contributed by atoms with E-state index in [4.69, 9.17) is 23.1 Å². The van der Waals surface area contributed by atoms with E-state index in [-0.39, 0.29) is 24.7 Å². The third-order valence-electron chi connectivity index (χ3n) is 5.22. The van der Waals surface area contributed by atoms with Gasteiger partial charge in [-0.1, -0.05) is 30.3 Å². The molecule has 0 heterocycles. The second-order valence-electron chi connectivity index (χ2n) is 7.71. The molecule has 0 aromatic heterocycles. The monoisotopic (exact) mass is 498 g/mol. The first kappa shape index (κ1) is 26.4. The van der Waals surface area contributed by atoms with Crippen molar-refractivity contribution in [3.63, 3.8) is 0 Å². The van der Waals surface area contributed by atoms with Gasteiger partial charge in [-0.3, -0.25) is 0 Å². The summed E-state index contributed by atoms with van der Waals surface area (Å²) in [4.78, 5) is 12.9. The van der Waals surface area contributed by atoms with E-state index in [1.54, 1.807) is 38.5 Å². The van der Waals surface area contributed by atoms with Gasteiger partial charge in [-0.05, 0) is 48.0 Å². The molecule has 35 heavy (non-hydrogen) atoms. The molecule has 0 bridgehead atoms. The first-order valence-corrected chi connectivity index (χ1v) is 13.1. The lowest BCUT2D eigenvalue weighted by atomic mass is 10.2. The fourth-order valence-electron chi connectivity index (χ4n) is 3.48. The Labute approximate surface area is 205 Å². The van der Waals surface area contributed by atoms with Crippen molar-refractivity contribution in [2.75, 3.05) is 40.6 Å². The fourth-order valence-corrected chi connectivity index (χ4v) is 6.73. The van der Waals surface area contributed by atoms with Gasteiger partial charge in [0.05, 0.1) is 32.0 Å². The molecule has 0 atom stereocenters. The SMILES string of the molecule is COCCO[Si](Cc1ccc(O)cc1)(OCCOC)c1ccccc1OC(=O)c1ccc(O)cc1. The van der Waals surface area contributed by atoms with E-state index in [1.807, 2.05) is 24.3 Å². The number of methoxy groups -OCH3 is 2. The number of phenolic OH excluding ortho intramolecular Hbond substituents is 2. The lowest BCUT2D eigenvalue weighted by molar-refractivity contribution is 0.0732. The van der Waals surface area contributed by atoms with Crippen molar-refractivity contribution in [2.45, 2.75) is 6.04 Å². The Hall–Kier alpha value is -3.21. The van der Waals surface area contributed by atoms with Gasteiger partial charge in [-0.25, -0.2) is 4.79 Å². The zero-order chi connectivity index (χ0) is 25.1. The Morgan fingerprint density at radius 2 is 1.29 bits per heavy atom. The van der Waals surface area contributed by atoms with Gasteiger partial charge in [-0.2, -0.15) is 0 Å². The second kappa shape index (κ2) is 13.0. The molecule has 0 amide bonds. The number of ether oxygens (including phenoxy) is 3. The summed E-state index contributed by atoms with van der Waals surface area (Å²) >= 11 is 0. The predicted molar refractivity (Wildman–Crippen MR) is 132 cm³/mol. The summed E-state index contributed by atoms with van der Waals surface area (Å²) < 4.78 is 29.1. The van der Waals surface area contributed by atoms with Crippen molar-refractivity contribution in [1.82, 2.24) is 0 Å². The Kier molecular flexibility index (Phi) is 9.83. The van der Waals surface area contributed by atoms with Crippen LogP contribution >= 0.6 is 0 Å². The summed E-state index contributed by atoms with van der Waals surface area (Å²) in [6, 6.07) is 20.2. The topological polar surface area (TPSA) is 104 Å². The third-order valence-corrected chi connectivity index (χ3v) is 8.67. The second-order valence-corrected chi connectivity index (χ2v) is 10.7. The maximum absolute atomic E-state index is 12.9. The summed E-state index contributed by atoms with van der Waals surface area (Å²) in [5.74, 6) is -0.0326. The molecule has 0 unspecified atom stereocenters. The van der Waals surface area contributed by atoms with Gasteiger partial charge in [0.25, 0.3) is 0 Å². The predicted octanol–water partition coefficient (Wildman–Crippen LogP) is 3.07. The standard InChI is InChI=1S/C26H30O8Si/c1-30-15-17-32-35(33-18-16-31-2,19-20-7-11-22(27)12-8-20)25-6-4-3-5-24(25)34-26(29)21-9-13-23(28)14-10-21/h3-14,27-28H,15-19H2,1-2H3. The van der Waals surface area contributed by atoms with Gasteiger partial charge >= 0.3 is 14.5 Å². The quantitative estimate of drug-likeness (QED) is 0.160. The minimum absolute atomic E-state index is 0.0559. The first-order valence-electron chi connectivity index (χ1n) is 11.1. The summed E-state index contributed by atoms with van der Waals surface area (Å²) in [6.45, 7) is 1.25. The number of hydrogen-bond donors (Lipinski definition) is 2. The van der Waals surface area contributed by atoms with Crippen LogP contribution in [0.3, 0.4) is 0 Å². The number of rotatable bonds is 13. The lowest BCUT2D eigenvalue weighted by Gasteiger charge is -2.32. The van der Waals surface area contributed by atoms with Crippen LogP contribution in [0, 0.1) is 0 Å². The number of para-hydroxylation sites is 1. The van der Waals surface area contributed by atoms with Crippen LogP contribution in [-0.4, -0.2) is 65.4 Å². The number of carbonyl (C=O) groups excluding carboxylic acids is 1. The molecule has 8 nitrogen and oxygen atoms in total. The van der Waals surface area contributed by atoms with Crippen molar-refractivity contribution in [3.8, 4) is 17.2 Å². The smallest absolute Gasteiger partial charge is 0.381 e. The maximum Gasteiger partial charge on any atom is 0.381 e. The molecule has 0 radical (unpaired) electrons. The van der Waals surface area contributed by atoms with Gasteiger partial charge in [0.2, 0.25) is 0 Å². The van der Waals surface area contributed by atoms with Gasteiger partial charge in [0, 0.05) is 25.5 Å². The molecule has 0 saturated carbocycles. The summed E-state index contributed by atoms with van der Waals surface area (Å²) in [6.07, 6.45) is 0. The average molecular weight is 499 g/mol. The van der Waals surface area contributed by atoms with Crippen molar-refractivity contribution >= 4 is 19.7 Å². The molecule has 3 rings (SSSR count). The van der Waals surface area contributed by atoms with E-state index in [0.717, 1.165) is 5.56 Å². The van der Waals surface area contributed by atoms with Gasteiger partial charge in [-0.15, -0.1) is 0 Å². The average Bonchev–Trinajstić information content (AvgIpc) is 2.86. The molecule has 9 heteroatoms. The Balaban J connectivity index is 2.02. The molecular weight excluding hydrogens is 468 g/mol. The van der Waals surface area contributed by atoms with Crippen LogP contribution in [0.25, 0.3) is 0 Å². The maximum atomic E-state index is 12.9. The normalized spacial score (nSPS) is 11.4. The molecule has 0 aliphatic carbocycles. The third kappa shape index (κ3) is 7.38. The van der Waals surface area contributed by atoms with Gasteiger partial charge in [0.1, 0.15) is 17.2 Å².